The van der Waals surface area contributed by atoms with Crippen molar-refractivity contribution in [3.63, 3.8) is 0 Å². The number of fused-ring (bicyclic) bond motifs is 4. The Hall–Kier alpha value is -2.23. The van der Waals surface area contributed by atoms with Crippen molar-refractivity contribution in [1.82, 2.24) is 0 Å². The summed E-state index contributed by atoms with van der Waals surface area (Å²) in [6, 6.07) is 12.3. The fourth-order valence-electron chi connectivity index (χ4n) is 3.85. The van der Waals surface area contributed by atoms with Gasteiger partial charge in [-0.05, 0) is 70.1 Å². The van der Waals surface area contributed by atoms with Crippen LogP contribution in [0.1, 0.15) is 34.5 Å². The normalized spacial score (nSPS) is 19.5. The third kappa shape index (κ3) is 1.87. The molecule has 0 heterocycles. The molecule has 1 aliphatic carbocycles. The van der Waals surface area contributed by atoms with E-state index in [1.165, 1.54) is 12.1 Å². The Morgan fingerprint density at radius 1 is 0.870 bits per heavy atom. The van der Waals surface area contributed by atoms with Crippen molar-refractivity contribution in [3.8, 4) is 11.1 Å². The van der Waals surface area contributed by atoms with E-state index < -0.39 is 12.2 Å². The maximum Gasteiger partial charge on any atom is 0.123 e. The highest BCUT2D eigenvalue weighted by Gasteiger charge is 2.34. The second-order valence-corrected chi connectivity index (χ2v) is 6.21. The molecule has 0 saturated carbocycles. The number of aliphatic hydroxyl groups is 2. The molecule has 23 heavy (non-hydrogen) atoms. The van der Waals surface area contributed by atoms with Crippen LogP contribution in [0.3, 0.4) is 0 Å². The van der Waals surface area contributed by atoms with E-state index in [1.54, 1.807) is 6.07 Å². The molecule has 3 aromatic rings. The molecule has 2 unspecified atom stereocenters. The standard InChI is InChI=1S/C20H17FO2/c1-10-13-8-7-12(21)9-16(13)11(2)17-14-5-3-4-6-15(14)19(22)20(23)18(10)17/h3-9,19-20,22-23H,1-2H3. The van der Waals surface area contributed by atoms with Gasteiger partial charge in [-0.3, -0.25) is 0 Å². The minimum atomic E-state index is -0.979. The largest absolute Gasteiger partial charge is 0.385 e. The van der Waals surface area contributed by atoms with Gasteiger partial charge < -0.3 is 10.2 Å². The molecule has 0 amide bonds. The van der Waals surface area contributed by atoms with Crippen LogP contribution in [0, 0.1) is 19.7 Å². The lowest BCUT2D eigenvalue weighted by Crippen LogP contribution is -2.19. The number of benzene rings is 3. The summed E-state index contributed by atoms with van der Waals surface area (Å²) in [5.74, 6) is -0.273. The minimum Gasteiger partial charge on any atom is -0.385 e. The molecule has 0 saturated heterocycles. The lowest BCUT2D eigenvalue weighted by molar-refractivity contribution is 0.0155. The van der Waals surface area contributed by atoms with E-state index in [1.807, 2.05) is 38.1 Å². The van der Waals surface area contributed by atoms with Gasteiger partial charge in [0.05, 0.1) is 0 Å². The van der Waals surface area contributed by atoms with Crippen molar-refractivity contribution in [2.24, 2.45) is 0 Å². The fourth-order valence-corrected chi connectivity index (χ4v) is 3.85. The number of hydrogen-bond acceptors (Lipinski definition) is 2. The van der Waals surface area contributed by atoms with Gasteiger partial charge in [0, 0.05) is 0 Å². The summed E-state index contributed by atoms with van der Waals surface area (Å²) in [5, 5.41) is 22.9. The van der Waals surface area contributed by atoms with Gasteiger partial charge in [-0.2, -0.15) is 0 Å². The second kappa shape index (κ2) is 4.88. The molecule has 4 rings (SSSR count). The molecule has 3 heteroatoms. The first-order valence-electron chi connectivity index (χ1n) is 7.68. The maximum atomic E-state index is 13.7. The number of aliphatic hydroxyl groups excluding tert-OH is 2. The number of aryl methyl sites for hydroxylation is 2. The van der Waals surface area contributed by atoms with Gasteiger partial charge in [-0.1, -0.05) is 30.3 Å². The van der Waals surface area contributed by atoms with E-state index in [2.05, 4.69) is 0 Å². The molecule has 0 aliphatic heterocycles. The van der Waals surface area contributed by atoms with Crippen LogP contribution >= 0.6 is 0 Å². The van der Waals surface area contributed by atoms with Crippen LogP contribution in [-0.4, -0.2) is 10.2 Å². The zero-order valence-electron chi connectivity index (χ0n) is 13.0. The average Bonchev–Trinajstić information content (AvgIpc) is 2.56. The van der Waals surface area contributed by atoms with Crippen LogP contribution in [-0.2, 0) is 0 Å². The van der Waals surface area contributed by atoms with Gasteiger partial charge in [0.15, 0.2) is 0 Å². The summed E-state index contributed by atoms with van der Waals surface area (Å²) in [6.45, 7) is 3.86. The van der Waals surface area contributed by atoms with Crippen molar-refractivity contribution in [1.29, 1.82) is 0 Å². The van der Waals surface area contributed by atoms with Crippen molar-refractivity contribution in [2.75, 3.05) is 0 Å². The van der Waals surface area contributed by atoms with Crippen LogP contribution in [0.5, 0.6) is 0 Å². The Kier molecular flexibility index (Phi) is 3.05. The lowest BCUT2D eigenvalue weighted by Gasteiger charge is -2.32. The van der Waals surface area contributed by atoms with Crippen LogP contribution in [0.4, 0.5) is 4.39 Å². The van der Waals surface area contributed by atoms with Crippen LogP contribution in [0.25, 0.3) is 21.9 Å². The fraction of sp³-hybridized carbons (Fsp3) is 0.200. The SMILES string of the molecule is Cc1c2c(c(C)c3ccc(F)cc13)C(O)C(O)c1ccccc1-2. The summed E-state index contributed by atoms with van der Waals surface area (Å²) in [7, 11) is 0. The van der Waals surface area contributed by atoms with Gasteiger partial charge in [-0.15, -0.1) is 0 Å². The van der Waals surface area contributed by atoms with E-state index in [0.717, 1.165) is 38.6 Å². The first-order chi connectivity index (χ1) is 11.0. The highest BCUT2D eigenvalue weighted by atomic mass is 19.1. The average molecular weight is 308 g/mol. The number of halogens is 1. The van der Waals surface area contributed by atoms with Gasteiger partial charge in [0.2, 0.25) is 0 Å². The van der Waals surface area contributed by atoms with E-state index in [4.69, 9.17) is 0 Å². The predicted octanol–water partition coefficient (Wildman–Crippen LogP) is 4.34. The molecule has 0 spiro atoms. The molecule has 2 atom stereocenters. The zero-order valence-corrected chi connectivity index (χ0v) is 13.0. The van der Waals surface area contributed by atoms with Crippen LogP contribution in [0.15, 0.2) is 42.5 Å². The highest BCUT2D eigenvalue weighted by molar-refractivity contribution is 5.97. The van der Waals surface area contributed by atoms with Gasteiger partial charge in [0.1, 0.15) is 18.0 Å². The summed E-state index contributed by atoms with van der Waals surface area (Å²) in [4.78, 5) is 0. The summed E-state index contributed by atoms with van der Waals surface area (Å²) >= 11 is 0. The predicted molar refractivity (Wildman–Crippen MR) is 88.7 cm³/mol. The van der Waals surface area contributed by atoms with Gasteiger partial charge >= 0.3 is 0 Å². The molecule has 0 aromatic heterocycles. The number of rotatable bonds is 0. The first-order valence-corrected chi connectivity index (χ1v) is 7.68. The van der Waals surface area contributed by atoms with Crippen LogP contribution < -0.4 is 0 Å². The van der Waals surface area contributed by atoms with Gasteiger partial charge in [0.25, 0.3) is 0 Å². The van der Waals surface area contributed by atoms with E-state index in [-0.39, 0.29) is 5.82 Å². The van der Waals surface area contributed by atoms with Gasteiger partial charge in [-0.25, -0.2) is 4.39 Å². The van der Waals surface area contributed by atoms with Crippen molar-refractivity contribution < 1.29 is 14.6 Å². The molecule has 3 aromatic carbocycles. The monoisotopic (exact) mass is 308 g/mol. The maximum absolute atomic E-state index is 13.7. The smallest absolute Gasteiger partial charge is 0.123 e. The third-order valence-corrected chi connectivity index (χ3v) is 4.98. The van der Waals surface area contributed by atoms with Crippen LogP contribution in [0.2, 0.25) is 0 Å². The van der Waals surface area contributed by atoms with Crippen molar-refractivity contribution >= 4 is 10.8 Å². The topological polar surface area (TPSA) is 40.5 Å². The molecule has 0 fully saturated rings. The number of hydrogen-bond donors (Lipinski definition) is 2. The van der Waals surface area contributed by atoms with E-state index >= 15 is 0 Å². The van der Waals surface area contributed by atoms with E-state index in [0.29, 0.717) is 5.56 Å². The van der Waals surface area contributed by atoms with E-state index in [9.17, 15) is 14.6 Å². The van der Waals surface area contributed by atoms with Crippen molar-refractivity contribution in [3.05, 3.63) is 70.5 Å². The minimum absolute atomic E-state index is 0.273. The molecule has 116 valence electrons. The Morgan fingerprint density at radius 2 is 1.61 bits per heavy atom. The summed E-state index contributed by atoms with van der Waals surface area (Å²) < 4.78 is 13.7. The second-order valence-electron chi connectivity index (χ2n) is 6.21. The molecule has 2 nitrogen and oxygen atoms in total. The highest BCUT2D eigenvalue weighted by Crippen LogP contribution is 2.49. The Balaban J connectivity index is 2.21. The first kappa shape index (κ1) is 14.4. The Bertz CT molecular complexity index is 946. The molecular weight excluding hydrogens is 291 g/mol. The molecule has 2 N–H and O–H groups in total. The summed E-state index contributed by atoms with van der Waals surface area (Å²) in [6.07, 6.45) is -1.93. The lowest BCUT2D eigenvalue weighted by atomic mass is 9.76. The third-order valence-electron chi connectivity index (χ3n) is 4.98. The Morgan fingerprint density at radius 3 is 2.39 bits per heavy atom. The zero-order chi connectivity index (χ0) is 16.3. The molecular formula is C20H17FO2. The quantitative estimate of drug-likeness (QED) is 0.648. The summed E-state index contributed by atoms with van der Waals surface area (Å²) in [5.41, 5.74) is 5.10. The molecule has 0 radical (unpaired) electrons. The molecule has 0 bridgehead atoms. The Labute approximate surface area is 133 Å². The molecule has 1 aliphatic rings. The van der Waals surface area contributed by atoms with Crippen molar-refractivity contribution in [2.45, 2.75) is 26.1 Å².